The molecule has 4 heteroatoms. The molecule has 0 bridgehead atoms. The molecule has 2 heterocycles. The molecule has 0 aliphatic carbocycles. The molecule has 2 aliphatic rings. The van der Waals surface area contributed by atoms with Gasteiger partial charge in [-0.15, -0.1) is 0 Å². The fraction of sp³-hybridized carbons (Fsp3) is 1.00. The van der Waals surface area contributed by atoms with Crippen LogP contribution in [0, 0.1) is 0 Å². The van der Waals surface area contributed by atoms with Gasteiger partial charge in [0, 0.05) is 50.8 Å². The lowest BCUT2D eigenvalue weighted by molar-refractivity contribution is 0.0289. The van der Waals surface area contributed by atoms with Gasteiger partial charge in [-0.1, -0.05) is 0 Å². The van der Waals surface area contributed by atoms with Crippen molar-refractivity contribution in [1.29, 1.82) is 0 Å². The SMILES string of the molecule is CC1CN(C)CC(CC2CN(C)CCN2C)N1C. The van der Waals surface area contributed by atoms with E-state index >= 15 is 0 Å². The molecule has 0 spiro atoms. The molecule has 3 atom stereocenters. The highest BCUT2D eigenvalue weighted by Crippen LogP contribution is 2.20. The lowest BCUT2D eigenvalue weighted by Gasteiger charge is -2.46. The van der Waals surface area contributed by atoms with E-state index in [0.717, 1.165) is 6.04 Å². The van der Waals surface area contributed by atoms with E-state index in [9.17, 15) is 0 Å². The van der Waals surface area contributed by atoms with Gasteiger partial charge in [0.15, 0.2) is 0 Å². The third-order valence-corrected chi connectivity index (χ3v) is 4.89. The summed E-state index contributed by atoms with van der Waals surface area (Å²) in [6, 6.07) is 2.10. The van der Waals surface area contributed by atoms with Crippen LogP contribution in [0.1, 0.15) is 13.3 Å². The van der Waals surface area contributed by atoms with E-state index in [1.54, 1.807) is 0 Å². The Labute approximate surface area is 113 Å². The third-order valence-electron chi connectivity index (χ3n) is 4.89. The van der Waals surface area contributed by atoms with Crippen LogP contribution in [0.5, 0.6) is 0 Å². The fourth-order valence-electron chi connectivity index (χ4n) is 3.41. The summed E-state index contributed by atoms with van der Waals surface area (Å²) < 4.78 is 0. The number of nitrogens with zero attached hydrogens (tertiary/aromatic N) is 4. The fourth-order valence-corrected chi connectivity index (χ4v) is 3.41. The van der Waals surface area contributed by atoms with E-state index in [-0.39, 0.29) is 0 Å². The molecule has 4 nitrogen and oxygen atoms in total. The first-order chi connectivity index (χ1) is 8.47. The Kier molecular flexibility index (Phi) is 4.64. The minimum absolute atomic E-state index is 0.681. The van der Waals surface area contributed by atoms with E-state index in [0.29, 0.717) is 12.1 Å². The van der Waals surface area contributed by atoms with Gasteiger partial charge in [0.1, 0.15) is 0 Å². The molecule has 2 rings (SSSR count). The van der Waals surface area contributed by atoms with Crippen molar-refractivity contribution >= 4 is 0 Å². The van der Waals surface area contributed by atoms with Crippen molar-refractivity contribution in [2.24, 2.45) is 0 Å². The van der Waals surface area contributed by atoms with Gasteiger partial charge in [0.05, 0.1) is 0 Å². The van der Waals surface area contributed by atoms with Crippen molar-refractivity contribution < 1.29 is 0 Å². The van der Waals surface area contributed by atoms with Crippen LogP contribution < -0.4 is 0 Å². The van der Waals surface area contributed by atoms with E-state index in [4.69, 9.17) is 0 Å². The lowest BCUT2D eigenvalue weighted by atomic mass is 9.98. The zero-order chi connectivity index (χ0) is 13.3. The molecule has 2 saturated heterocycles. The van der Waals surface area contributed by atoms with Crippen molar-refractivity contribution in [1.82, 2.24) is 19.6 Å². The van der Waals surface area contributed by atoms with Crippen molar-refractivity contribution in [2.45, 2.75) is 31.5 Å². The van der Waals surface area contributed by atoms with Crippen LogP contribution >= 0.6 is 0 Å². The molecule has 2 fully saturated rings. The Bertz CT molecular complexity index is 271. The molecule has 0 radical (unpaired) electrons. The molecule has 0 N–H and O–H groups in total. The van der Waals surface area contributed by atoms with Gasteiger partial charge in [-0.25, -0.2) is 0 Å². The Morgan fingerprint density at radius 3 is 2.22 bits per heavy atom. The molecule has 106 valence electrons. The third kappa shape index (κ3) is 3.23. The van der Waals surface area contributed by atoms with Crippen LogP contribution in [0.3, 0.4) is 0 Å². The van der Waals surface area contributed by atoms with Crippen molar-refractivity contribution in [2.75, 3.05) is 60.9 Å². The van der Waals surface area contributed by atoms with E-state index in [2.05, 4.69) is 54.7 Å². The molecule has 0 aromatic carbocycles. The van der Waals surface area contributed by atoms with Gasteiger partial charge >= 0.3 is 0 Å². The van der Waals surface area contributed by atoms with Crippen LogP contribution in [0.2, 0.25) is 0 Å². The van der Waals surface area contributed by atoms with Gasteiger partial charge in [0.25, 0.3) is 0 Å². The molecular weight excluding hydrogens is 224 g/mol. The largest absolute Gasteiger partial charge is 0.304 e. The first kappa shape index (κ1) is 14.3. The Balaban J connectivity index is 1.94. The quantitative estimate of drug-likeness (QED) is 0.701. The van der Waals surface area contributed by atoms with Crippen molar-refractivity contribution in [3.63, 3.8) is 0 Å². The summed E-state index contributed by atoms with van der Waals surface area (Å²) in [6.45, 7) is 8.41. The van der Waals surface area contributed by atoms with Crippen LogP contribution in [0.4, 0.5) is 0 Å². The maximum Gasteiger partial charge on any atom is 0.0238 e. The minimum atomic E-state index is 0.681. The monoisotopic (exact) mass is 254 g/mol. The summed E-state index contributed by atoms with van der Waals surface area (Å²) >= 11 is 0. The highest BCUT2D eigenvalue weighted by atomic mass is 15.3. The number of piperazine rings is 2. The second-order valence-electron chi connectivity index (χ2n) is 6.52. The molecule has 0 saturated carbocycles. The van der Waals surface area contributed by atoms with Crippen LogP contribution in [0.25, 0.3) is 0 Å². The number of rotatable bonds is 2. The summed E-state index contributed by atoms with van der Waals surface area (Å²) in [4.78, 5) is 10.1. The van der Waals surface area contributed by atoms with Gasteiger partial charge < -0.3 is 14.7 Å². The predicted molar refractivity (Wildman–Crippen MR) is 77.0 cm³/mol. The number of hydrogen-bond donors (Lipinski definition) is 0. The van der Waals surface area contributed by atoms with Crippen LogP contribution in [0.15, 0.2) is 0 Å². The summed E-state index contributed by atoms with van der Waals surface area (Å²) in [5.74, 6) is 0. The minimum Gasteiger partial charge on any atom is -0.304 e. The van der Waals surface area contributed by atoms with Crippen molar-refractivity contribution in [3.8, 4) is 0 Å². The molecule has 3 unspecified atom stereocenters. The van der Waals surface area contributed by atoms with E-state index in [1.165, 1.54) is 39.1 Å². The average molecular weight is 254 g/mol. The molecule has 0 aromatic rings. The smallest absolute Gasteiger partial charge is 0.0238 e. The molecule has 0 aromatic heterocycles. The first-order valence-electron chi connectivity index (χ1n) is 7.26. The molecular formula is C14H30N4. The second-order valence-corrected chi connectivity index (χ2v) is 6.52. The Morgan fingerprint density at radius 2 is 1.50 bits per heavy atom. The second kappa shape index (κ2) is 5.87. The highest BCUT2D eigenvalue weighted by Gasteiger charge is 2.32. The topological polar surface area (TPSA) is 13.0 Å². The lowest BCUT2D eigenvalue weighted by Crippen LogP contribution is -2.58. The molecule has 18 heavy (non-hydrogen) atoms. The van der Waals surface area contributed by atoms with Gasteiger partial charge in [0.2, 0.25) is 0 Å². The summed E-state index contributed by atoms with van der Waals surface area (Å²) in [7, 11) is 9.09. The summed E-state index contributed by atoms with van der Waals surface area (Å²) in [5, 5.41) is 0. The molecule has 0 amide bonds. The van der Waals surface area contributed by atoms with Crippen molar-refractivity contribution in [3.05, 3.63) is 0 Å². The summed E-state index contributed by atoms with van der Waals surface area (Å²) in [5.41, 5.74) is 0. The van der Waals surface area contributed by atoms with Crippen LogP contribution in [-0.2, 0) is 0 Å². The number of likely N-dealkylation sites (N-methyl/N-ethyl adjacent to an activating group) is 4. The van der Waals surface area contributed by atoms with Gasteiger partial charge in [-0.3, -0.25) is 4.90 Å². The Hall–Kier alpha value is -0.160. The van der Waals surface area contributed by atoms with E-state index in [1.807, 2.05) is 0 Å². The zero-order valence-electron chi connectivity index (χ0n) is 12.8. The molecule has 2 aliphatic heterocycles. The highest BCUT2D eigenvalue weighted by molar-refractivity contribution is 4.89. The summed E-state index contributed by atoms with van der Waals surface area (Å²) in [6.07, 6.45) is 1.30. The standard InChI is InChI=1S/C14H30N4/c1-12-9-16(3)11-14(18(12)5)8-13-10-15(2)6-7-17(13)4/h12-14H,6-11H2,1-5H3. The first-order valence-corrected chi connectivity index (χ1v) is 7.26. The maximum atomic E-state index is 2.59. The Morgan fingerprint density at radius 1 is 0.833 bits per heavy atom. The zero-order valence-corrected chi connectivity index (χ0v) is 12.8. The van der Waals surface area contributed by atoms with Crippen LogP contribution in [-0.4, -0.2) is 98.6 Å². The maximum absolute atomic E-state index is 2.59. The predicted octanol–water partition coefficient (Wildman–Crippen LogP) is 0.257. The normalized spacial score (nSPS) is 38.2. The number of hydrogen-bond acceptors (Lipinski definition) is 4. The van der Waals surface area contributed by atoms with Gasteiger partial charge in [-0.05, 0) is 41.5 Å². The van der Waals surface area contributed by atoms with E-state index < -0.39 is 0 Å². The average Bonchev–Trinajstić information content (AvgIpc) is 2.30. The van der Waals surface area contributed by atoms with Gasteiger partial charge in [-0.2, -0.15) is 0 Å².